The van der Waals surface area contributed by atoms with Gasteiger partial charge in [-0.15, -0.1) is 10.2 Å². The number of hydrogen-bond donors (Lipinski definition) is 0. The molecule has 0 bridgehead atoms. The van der Waals surface area contributed by atoms with E-state index in [4.69, 9.17) is 16.3 Å². The molecular formula is C13H14ClN3O. The summed E-state index contributed by atoms with van der Waals surface area (Å²) in [5.41, 5.74) is 4.73. The van der Waals surface area contributed by atoms with Crippen molar-refractivity contribution in [1.82, 2.24) is 15.2 Å². The first-order valence-corrected chi connectivity index (χ1v) is 5.92. The number of halogens is 1. The molecule has 1 aromatic heterocycles. The Hall–Kier alpha value is -1.68. The fraction of sp³-hybridized carbons (Fsp3) is 0.308. The summed E-state index contributed by atoms with van der Waals surface area (Å²) in [6, 6.07) is 2.00. The molecule has 0 spiro atoms. The van der Waals surface area contributed by atoms with Gasteiger partial charge in [-0.05, 0) is 43.5 Å². The van der Waals surface area contributed by atoms with Crippen LogP contribution in [0.1, 0.15) is 16.7 Å². The topological polar surface area (TPSA) is 47.9 Å². The van der Waals surface area contributed by atoms with Crippen LogP contribution in [0.5, 0.6) is 5.75 Å². The van der Waals surface area contributed by atoms with E-state index in [-0.39, 0.29) is 0 Å². The van der Waals surface area contributed by atoms with Gasteiger partial charge < -0.3 is 4.74 Å². The van der Waals surface area contributed by atoms with Crippen LogP contribution in [0.15, 0.2) is 12.4 Å². The maximum Gasteiger partial charge on any atom is 0.159 e. The van der Waals surface area contributed by atoms with Crippen molar-refractivity contribution < 1.29 is 4.74 Å². The maximum atomic E-state index is 6.06. The molecule has 0 radical (unpaired) electrons. The number of ether oxygens (including phenoxy) is 1. The Morgan fingerprint density at radius 3 is 2.50 bits per heavy atom. The fourth-order valence-electron chi connectivity index (χ4n) is 2.05. The average Bonchev–Trinajstić information content (AvgIpc) is 2.35. The van der Waals surface area contributed by atoms with Crippen molar-refractivity contribution in [2.45, 2.75) is 20.8 Å². The third-order valence-electron chi connectivity index (χ3n) is 3.06. The molecule has 1 heterocycles. The minimum absolute atomic E-state index is 0.358. The number of methoxy groups -OCH3 is 1. The normalized spacial score (nSPS) is 10.5. The van der Waals surface area contributed by atoms with Crippen molar-refractivity contribution in [2.75, 3.05) is 7.11 Å². The molecule has 0 saturated heterocycles. The zero-order valence-corrected chi connectivity index (χ0v) is 11.5. The van der Waals surface area contributed by atoms with E-state index in [0.717, 1.165) is 28.0 Å². The predicted molar refractivity (Wildman–Crippen MR) is 71.0 cm³/mol. The number of hydrogen-bond acceptors (Lipinski definition) is 4. The molecule has 0 unspecified atom stereocenters. The smallest absolute Gasteiger partial charge is 0.159 e. The van der Waals surface area contributed by atoms with Crippen LogP contribution in [-0.2, 0) is 0 Å². The Balaban J connectivity index is 2.71. The highest BCUT2D eigenvalue weighted by atomic mass is 35.5. The summed E-state index contributed by atoms with van der Waals surface area (Å²) in [5.74, 6) is 0.893. The zero-order chi connectivity index (χ0) is 13.3. The molecule has 0 saturated carbocycles. The Kier molecular flexibility index (Phi) is 3.48. The Morgan fingerprint density at radius 1 is 1.17 bits per heavy atom. The van der Waals surface area contributed by atoms with E-state index in [1.807, 2.05) is 26.8 Å². The lowest BCUT2D eigenvalue weighted by molar-refractivity contribution is 0.408. The minimum atomic E-state index is 0.358. The molecule has 2 rings (SSSR count). The first-order valence-electron chi connectivity index (χ1n) is 5.54. The second-order valence-electron chi connectivity index (χ2n) is 4.12. The Bertz CT molecular complexity index is 599. The van der Waals surface area contributed by atoms with E-state index in [1.54, 1.807) is 7.11 Å². The first kappa shape index (κ1) is 12.8. The maximum absolute atomic E-state index is 6.06. The lowest BCUT2D eigenvalue weighted by Crippen LogP contribution is -1.99. The molecule has 1 aromatic carbocycles. The molecule has 0 amide bonds. The molecule has 0 aliphatic carbocycles. The number of benzene rings is 1. The van der Waals surface area contributed by atoms with E-state index in [2.05, 4.69) is 15.2 Å². The van der Waals surface area contributed by atoms with Crippen LogP contribution < -0.4 is 4.74 Å². The van der Waals surface area contributed by atoms with Gasteiger partial charge in [-0.3, -0.25) is 0 Å². The van der Waals surface area contributed by atoms with Gasteiger partial charge in [-0.1, -0.05) is 11.6 Å². The molecule has 18 heavy (non-hydrogen) atoms. The van der Waals surface area contributed by atoms with Crippen LogP contribution in [0.3, 0.4) is 0 Å². The van der Waals surface area contributed by atoms with Crippen LogP contribution >= 0.6 is 11.6 Å². The van der Waals surface area contributed by atoms with Gasteiger partial charge in [0.2, 0.25) is 0 Å². The lowest BCUT2D eigenvalue weighted by atomic mass is 9.97. The molecular weight excluding hydrogens is 250 g/mol. The molecule has 4 nitrogen and oxygen atoms in total. The summed E-state index contributed by atoms with van der Waals surface area (Å²) < 4.78 is 5.39. The van der Waals surface area contributed by atoms with Crippen LogP contribution in [0.2, 0.25) is 5.15 Å². The number of nitrogens with zero attached hydrogens (tertiary/aromatic N) is 3. The molecule has 5 heteroatoms. The predicted octanol–water partition coefficient (Wildman–Crippen LogP) is 3.13. The highest BCUT2D eigenvalue weighted by Crippen LogP contribution is 2.34. The third kappa shape index (κ3) is 2.04. The van der Waals surface area contributed by atoms with E-state index in [1.165, 1.54) is 6.33 Å². The van der Waals surface area contributed by atoms with E-state index in [0.29, 0.717) is 10.8 Å². The summed E-state index contributed by atoms with van der Waals surface area (Å²) in [4.78, 5) is 3.96. The van der Waals surface area contributed by atoms with Crippen LogP contribution in [0.25, 0.3) is 11.3 Å². The second-order valence-corrected chi connectivity index (χ2v) is 4.48. The van der Waals surface area contributed by atoms with Gasteiger partial charge >= 0.3 is 0 Å². The summed E-state index contributed by atoms with van der Waals surface area (Å²) in [6.07, 6.45) is 1.34. The third-order valence-corrected chi connectivity index (χ3v) is 3.34. The van der Waals surface area contributed by atoms with Gasteiger partial charge in [0.15, 0.2) is 5.15 Å². The number of aryl methyl sites for hydroxylation is 1. The molecule has 0 atom stereocenters. The second kappa shape index (κ2) is 4.90. The van der Waals surface area contributed by atoms with Crippen LogP contribution in [0, 0.1) is 20.8 Å². The van der Waals surface area contributed by atoms with Crippen LogP contribution in [0.4, 0.5) is 0 Å². The fourth-order valence-corrected chi connectivity index (χ4v) is 2.23. The Morgan fingerprint density at radius 2 is 1.89 bits per heavy atom. The van der Waals surface area contributed by atoms with Crippen LogP contribution in [-0.4, -0.2) is 22.3 Å². The lowest BCUT2D eigenvalue weighted by Gasteiger charge is -2.15. The van der Waals surface area contributed by atoms with Gasteiger partial charge in [-0.2, -0.15) is 0 Å². The molecule has 2 aromatic rings. The highest BCUT2D eigenvalue weighted by molar-refractivity contribution is 6.31. The standard InChI is InChI=1S/C13H14ClN3O/c1-7-5-10(8(2)9(3)12(7)18-4)11-13(14)15-6-16-17-11/h5-6H,1-4H3. The summed E-state index contributed by atoms with van der Waals surface area (Å²) in [5, 5.41) is 8.21. The van der Waals surface area contributed by atoms with Crippen molar-refractivity contribution >= 4 is 11.6 Å². The first-order chi connectivity index (χ1) is 8.56. The molecule has 0 aliphatic heterocycles. The van der Waals surface area contributed by atoms with Crippen molar-refractivity contribution in [2.24, 2.45) is 0 Å². The highest BCUT2D eigenvalue weighted by Gasteiger charge is 2.15. The van der Waals surface area contributed by atoms with E-state index < -0.39 is 0 Å². The SMILES string of the molecule is COc1c(C)cc(-c2nncnc2Cl)c(C)c1C. The van der Waals surface area contributed by atoms with Crippen molar-refractivity contribution in [3.05, 3.63) is 34.2 Å². The largest absolute Gasteiger partial charge is 0.496 e. The van der Waals surface area contributed by atoms with E-state index >= 15 is 0 Å². The quantitative estimate of drug-likeness (QED) is 0.835. The minimum Gasteiger partial charge on any atom is -0.496 e. The number of aromatic nitrogens is 3. The zero-order valence-electron chi connectivity index (χ0n) is 10.8. The molecule has 94 valence electrons. The van der Waals surface area contributed by atoms with Crippen molar-refractivity contribution in [1.29, 1.82) is 0 Å². The molecule has 0 fully saturated rings. The summed E-state index contributed by atoms with van der Waals surface area (Å²) in [7, 11) is 1.67. The van der Waals surface area contributed by atoms with Crippen molar-refractivity contribution in [3.8, 4) is 17.0 Å². The summed E-state index contributed by atoms with van der Waals surface area (Å²) >= 11 is 6.06. The van der Waals surface area contributed by atoms with Gasteiger partial charge in [0.25, 0.3) is 0 Å². The van der Waals surface area contributed by atoms with Gasteiger partial charge in [0, 0.05) is 5.56 Å². The monoisotopic (exact) mass is 263 g/mol. The van der Waals surface area contributed by atoms with E-state index in [9.17, 15) is 0 Å². The Labute approximate surface area is 111 Å². The summed E-state index contributed by atoms with van der Waals surface area (Å²) in [6.45, 7) is 6.02. The molecule has 0 N–H and O–H groups in total. The average molecular weight is 264 g/mol. The van der Waals surface area contributed by atoms with Crippen molar-refractivity contribution in [3.63, 3.8) is 0 Å². The molecule has 0 aliphatic rings. The van der Waals surface area contributed by atoms with Gasteiger partial charge in [0.05, 0.1) is 7.11 Å². The number of rotatable bonds is 2. The van der Waals surface area contributed by atoms with Gasteiger partial charge in [0.1, 0.15) is 17.8 Å². The van der Waals surface area contributed by atoms with Gasteiger partial charge in [-0.25, -0.2) is 4.98 Å².